The van der Waals surface area contributed by atoms with Gasteiger partial charge in [-0.15, -0.1) is 0 Å². The number of hydrogen-bond donors (Lipinski definition) is 1. The van der Waals surface area contributed by atoms with Gasteiger partial charge in [-0.05, 0) is 12.5 Å². The summed E-state index contributed by atoms with van der Waals surface area (Å²) in [6.07, 6.45) is 5.01. The van der Waals surface area contributed by atoms with Gasteiger partial charge < -0.3 is 14.8 Å². The molecule has 1 aliphatic heterocycles. The van der Waals surface area contributed by atoms with E-state index in [1.807, 2.05) is 12.1 Å². The van der Waals surface area contributed by atoms with Gasteiger partial charge in [0, 0.05) is 43.9 Å². The molecule has 0 saturated carbocycles. The van der Waals surface area contributed by atoms with Crippen molar-refractivity contribution in [2.75, 3.05) is 40.4 Å². The Labute approximate surface area is 134 Å². The average Bonchev–Trinajstić information content (AvgIpc) is 2.59. The minimum atomic E-state index is 0.439. The second-order valence-corrected chi connectivity index (χ2v) is 5.91. The molecule has 0 bridgehead atoms. The highest BCUT2D eigenvalue weighted by molar-refractivity contribution is 5.42. The Morgan fingerprint density at radius 1 is 1.14 bits per heavy atom. The molecule has 1 aromatic rings. The Morgan fingerprint density at radius 2 is 1.91 bits per heavy atom. The molecule has 1 N–H and O–H groups in total. The lowest BCUT2D eigenvalue weighted by Crippen LogP contribution is -2.45. The monoisotopic (exact) mass is 306 g/mol. The second-order valence-electron chi connectivity index (χ2n) is 5.91. The fourth-order valence-corrected chi connectivity index (χ4v) is 3.21. The SMILES string of the molecule is CCCCC[C@H](c1ccc(OC)cc1OC)N1CCNCC1. The summed E-state index contributed by atoms with van der Waals surface area (Å²) in [7, 11) is 3.45. The van der Waals surface area contributed by atoms with E-state index in [-0.39, 0.29) is 0 Å². The van der Waals surface area contributed by atoms with Crippen LogP contribution in [0.4, 0.5) is 0 Å². The fourth-order valence-electron chi connectivity index (χ4n) is 3.21. The second kappa shape index (κ2) is 9.01. The van der Waals surface area contributed by atoms with Crippen LogP contribution in [0, 0.1) is 0 Å². The van der Waals surface area contributed by atoms with Crippen molar-refractivity contribution in [2.24, 2.45) is 0 Å². The van der Waals surface area contributed by atoms with Gasteiger partial charge in [0.15, 0.2) is 0 Å². The molecule has 1 atom stereocenters. The summed E-state index contributed by atoms with van der Waals surface area (Å²) in [6.45, 7) is 6.61. The van der Waals surface area contributed by atoms with Crippen LogP contribution in [0.15, 0.2) is 18.2 Å². The van der Waals surface area contributed by atoms with Crippen LogP contribution in [0.25, 0.3) is 0 Å². The van der Waals surface area contributed by atoms with Crippen molar-refractivity contribution < 1.29 is 9.47 Å². The maximum atomic E-state index is 5.64. The Kier molecular flexibility index (Phi) is 7.00. The molecule has 22 heavy (non-hydrogen) atoms. The number of methoxy groups -OCH3 is 2. The fraction of sp³-hybridized carbons (Fsp3) is 0.667. The molecule has 0 radical (unpaired) electrons. The molecular weight excluding hydrogens is 276 g/mol. The van der Waals surface area contributed by atoms with Crippen molar-refractivity contribution in [1.29, 1.82) is 0 Å². The van der Waals surface area contributed by atoms with E-state index in [0.717, 1.165) is 37.7 Å². The van der Waals surface area contributed by atoms with Crippen molar-refractivity contribution in [3.63, 3.8) is 0 Å². The quantitative estimate of drug-likeness (QED) is 0.748. The lowest BCUT2D eigenvalue weighted by molar-refractivity contribution is 0.160. The van der Waals surface area contributed by atoms with Crippen LogP contribution in [0.3, 0.4) is 0 Å². The lowest BCUT2D eigenvalue weighted by Gasteiger charge is -2.36. The van der Waals surface area contributed by atoms with Crippen molar-refractivity contribution in [3.05, 3.63) is 23.8 Å². The Bertz CT molecular complexity index is 445. The van der Waals surface area contributed by atoms with E-state index in [4.69, 9.17) is 9.47 Å². The molecule has 1 aromatic carbocycles. The normalized spacial score (nSPS) is 17.2. The van der Waals surface area contributed by atoms with E-state index >= 15 is 0 Å². The summed E-state index contributed by atoms with van der Waals surface area (Å²) in [4.78, 5) is 2.59. The first kappa shape index (κ1) is 17.1. The van der Waals surface area contributed by atoms with Crippen molar-refractivity contribution >= 4 is 0 Å². The summed E-state index contributed by atoms with van der Waals surface area (Å²) in [5.74, 6) is 1.80. The standard InChI is InChI=1S/C18H30N2O2/c1-4-5-6-7-17(20-12-10-19-11-13-20)16-9-8-15(21-2)14-18(16)22-3/h8-9,14,17,19H,4-7,10-13H2,1-3H3/t17-/m1/s1. The van der Waals surface area contributed by atoms with E-state index < -0.39 is 0 Å². The number of unbranched alkanes of at least 4 members (excludes halogenated alkanes) is 2. The number of hydrogen-bond acceptors (Lipinski definition) is 4. The molecule has 4 heteroatoms. The average molecular weight is 306 g/mol. The number of ether oxygens (including phenoxy) is 2. The lowest BCUT2D eigenvalue weighted by atomic mass is 9.97. The van der Waals surface area contributed by atoms with Crippen LogP contribution in [-0.2, 0) is 0 Å². The maximum absolute atomic E-state index is 5.64. The highest BCUT2D eigenvalue weighted by atomic mass is 16.5. The zero-order chi connectivity index (χ0) is 15.8. The summed E-state index contributed by atoms with van der Waals surface area (Å²) < 4.78 is 11.0. The van der Waals surface area contributed by atoms with E-state index in [9.17, 15) is 0 Å². The van der Waals surface area contributed by atoms with Gasteiger partial charge in [0.05, 0.1) is 14.2 Å². The van der Waals surface area contributed by atoms with Gasteiger partial charge in [-0.3, -0.25) is 4.90 Å². The van der Waals surface area contributed by atoms with E-state index in [1.165, 1.54) is 31.2 Å². The Morgan fingerprint density at radius 3 is 2.55 bits per heavy atom. The van der Waals surface area contributed by atoms with Gasteiger partial charge in [-0.25, -0.2) is 0 Å². The molecule has 124 valence electrons. The smallest absolute Gasteiger partial charge is 0.127 e. The van der Waals surface area contributed by atoms with Gasteiger partial charge in [-0.2, -0.15) is 0 Å². The molecule has 2 rings (SSSR count). The topological polar surface area (TPSA) is 33.7 Å². The highest BCUT2D eigenvalue weighted by Crippen LogP contribution is 2.35. The van der Waals surface area contributed by atoms with Gasteiger partial charge >= 0.3 is 0 Å². The minimum absolute atomic E-state index is 0.439. The molecule has 1 fully saturated rings. The van der Waals surface area contributed by atoms with Gasteiger partial charge in [0.1, 0.15) is 11.5 Å². The van der Waals surface area contributed by atoms with Crippen LogP contribution in [0.2, 0.25) is 0 Å². The summed E-state index contributed by atoms with van der Waals surface area (Å²) >= 11 is 0. The van der Waals surface area contributed by atoms with E-state index in [2.05, 4.69) is 23.2 Å². The van der Waals surface area contributed by atoms with Crippen LogP contribution >= 0.6 is 0 Å². The summed E-state index contributed by atoms with van der Waals surface area (Å²) in [5, 5.41) is 3.44. The van der Waals surface area contributed by atoms with E-state index in [1.54, 1.807) is 14.2 Å². The molecule has 0 aromatic heterocycles. The number of benzene rings is 1. The molecule has 4 nitrogen and oxygen atoms in total. The Balaban J connectivity index is 2.22. The number of rotatable bonds is 8. The van der Waals surface area contributed by atoms with E-state index in [0.29, 0.717) is 6.04 Å². The van der Waals surface area contributed by atoms with Crippen LogP contribution in [0.1, 0.15) is 44.2 Å². The first-order chi connectivity index (χ1) is 10.8. The maximum Gasteiger partial charge on any atom is 0.127 e. The molecule has 0 aliphatic carbocycles. The van der Waals surface area contributed by atoms with Crippen molar-refractivity contribution in [3.8, 4) is 11.5 Å². The number of nitrogens with zero attached hydrogens (tertiary/aromatic N) is 1. The largest absolute Gasteiger partial charge is 0.497 e. The van der Waals surface area contributed by atoms with Crippen LogP contribution in [-0.4, -0.2) is 45.3 Å². The molecule has 0 unspecified atom stereocenters. The predicted molar refractivity (Wildman–Crippen MR) is 90.9 cm³/mol. The zero-order valence-corrected chi connectivity index (χ0v) is 14.2. The van der Waals surface area contributed by atoms with Crippen molar-refractivity contribution in [1.82, 2.24) is 10.2 Å². The molecule has 1 saturated heterocycles. The molecule has 0 amide bonds. The first-order valence-corrected chi connectivity index (χ1v) is 8.46. The van der Waals surface area contributed by atoms with Crippen LogP contribution in [0.5, 0.6) is 11.5 Å². The third kappa shape index (κ3) is 4.37. The summed E-state index contributed by atoms with van der Waals surface area (Å²) in [6, 6.07) is 6.67. The predicted octanol–water partition coefficient (Wildman–Crippen LogP) is 3.23. The highest BCUT2D eigenvalue weighted by Gasteiger charge is 2.24. The van der Waals surface area contributed by atoms with Crippen molar-refractivity contribution in [2.45, 2.75) is 38.6 Å². The molecular formula is C18H30N2O2. The number of nitrogens with one attached hydrogen (secondary N) is 1. The minimum Gasteiger partial charge on any atom is -0.497 e. The summed E-state index contributed by atoms with van der Waals surface area (Å²) in [5.41, 5.74) is 1.29. The number of piperazine rings is 1. The van der Waals surface area contributed by atoms with Gasteiger partial charge in [-0.1, -0.05) is 32.3 Å². The molecule has 1 aliphatic rings. The zero-order valence-electron chi connectivity index (χ0n) is 14.2. The third-order valence-electron chi connectivity index (χ3n) is 4.47. The third-order valence-corrected chi connectivity index (χ3v) is 4.47. The van der Waals surface area contributed by atoms with Gasteiger partial charge in [0.25, 0.3) is 0 Å². The molecule has 1 heterocycles. The Hall–Kier alpha value is -1.26. The molecule has 0 spiro atoms. The van der Waals surface area contributed by atoms with Crippen LogP contribution < -0.4 is 14.8 Å². The first-order valence-electron chi connectivity index (χ1n) is 8.46. The van der Waals surface area contributed by atoms with Gasteiger partial charge in [0.2, 0.25) is 0 Å².